The fraction of sp³-hybridized carbons (Fsp3) is 0. The lowest BCUT2D eigenvalue weighted by Gasteiger charge is -1.49. The quantitative estimate of drug-likeness (QED) is 0.504. The second-order valence-electron chi connectivity index (χ2n) is 0.766. The number of nitrogens with zero attached hydrogens (tertiary/aromatic N) is 1. The summed E-state index contributed by atoms with van der Waals surface area (Å²) in [4.78, 5) is 8.00. The molecule has 0 radical (unpaired) electrons. The average molecular weight is 98.1 g/mol. The normalized spacial score (nSPS) is 6.29. The zero-order chi connectivity index (χ0) is 5.54. The molecule has 0 aliphatic heterocycles. The summed E-state index contributed by atoms with van der Waals surface area (Å²) in [6.07, 6.45) is 3.46. The summed E-state index contributed by atoms with van der Waals surface area (Å²) in [6, 6.07) is 1.83. The molecule has 0 aromatic carbocycles. The maximum absolute atomic E-state index is 8.00. The van der Waals surface area contributed by atoms with Crippen molar-refractivity contribution in [3.63, 3.8) is 0 Å². The minimum absolute atomic E-state index is 1.69. The predicted molar refractivity (Wildman–Crippen MR) is 25.7 cm³/mol. The molecule has 0 aliphatic rings. The molecule has 1 aromatic heterocycles. The van der Waals surface area contributed by atoms with Gasteiger partial charge >= 0.3 is 0 Å². The Kier molecular flexibility index (Phi) is 4.10. The summed E-state index contributed by atoms with van der Waals surface area (Å²) < 4.78 is 0. The van der Waals surface area contributed by atoms with Gasteiger partial charge in [-0.25, -0.2) is 0 Å². The van der Waals surface area contributed by atoms with Crippen LogP contribution in [0.25, 0.3) is 0 Å². The fourth-order valence-electron chi connectivity index (χ4n) is 0.215. The van der Waals surface area contributed by atoms with Crippen LogP contribution in [-0.2, 0) is 4.79 Å². The van der Waals surface area contributed by atoms with Gasteiger partial charge in [0.2, 0.25) is 0 Å². The van der Waals surface area contributed by atoms with Crippen LogP contribution in [0.15, 0.2) is 18.5 Å². The summed E-state index contributed by atoms with van der Waals surface area (Å²) in [5.41, 5.74) is 0. The van der Waals surface area contributed by atoms with Gasteiger partial charge in [-0.3, -0.25) is 5.10 Å². The molecular weight excluding hydrogens is 92.1 g/mol. The van der Waals surface area contributed by atoms with Gasteiger partial charge in [0.25, 0.3) is 0 Å². The molecule has 1 N–H and O–H groups in total. The molecule has 7 heavy (non-hydrogen) atoms. The van der Waals surface area contributed by atoms with Crippen molar-refractivity contribution in [1.82, 2.24) is 10.2 Å². The number of hydrogen-bond acceptors (Lipinski definition) is 2. The third kappa shape index (κ3) is 2.69. The molecular formula is C4H6N2O. The molecule has 0 bridgehead atoms. The number of rotatable bonds is 0. The summed E-state index contributed by atoms with van der Waals surface area (Å²) in [5, 5.41) is 6.21. The Morgan fingerprint density at radius 2 is 2.29 bits per heavy atom. The molecule has 0 spiro atoms. The summed E-state index contributed by atoms with van der Waals surface area (Å²) >= 11 is 0. The molecule has 0 saturated carbocycles. The van der Waals surface area contributed by atoms with Gasteiger partial charge in [-0.05, 0) is 6.07 Å². The third-order valence-electron chi connectivity index (χ3n) is 0.406. The van der Waals surface area contributed by atoms with Crippen LogP contribution in [0.4, 0.5) is 0 Å². The van der Waals surface area contributed by atoms with E-state index in [1.807, 2.05) is 12.9 Å². The van der Waals surface area contributed by atoms with Gasteiger partial charge in [0.05, 0.1) is 0 Å². The number of carbonyl (C=O) groups is 1. The number of nitrogens with one attached hydrogen (secondary N) is 1. The first-order valence-electron chi connectivity index (χ1n) is 1.73. The van der Waals surface area contributed by atoms with Crippen molar-refractivity contribution in [3.05, 3.63) is 18.5 Å². The average Bonchev–Trinajstić information content (AvgIpc) is 2.23. The molecule has 0 amide bonds. The highest BCUT2D eigenvalue weighted by Crippen LogP contribution is 1.64. The van der Waals surface area contributed by atoms with Gasteiger partial charge < -0.3 is 4.79 Å². The van der Waals surface area contributed by atoms with Crippen molar-refractivity contribution in [1.29, 1.82) is 0 Å². The lowest BCUT2D eigenvalue weighted by atomic mass is 10.8. The standard InChI is InChI=1S/C3H4N2.CH2O/c1-2-4-5-3-1;1-2/h1-3H,(H,4,5);1H2. The van der Waals surface area contributed by atoms with Crippen molar-refractivity contribution >= 4 is 6.79 Å². The van der Waals surface area contributed by atoms with Crippen LogP contribution in [-0.4, -0.2) is 17.0 Å². The van der Waals surface area contributed by atoms with Gasteiger partial charge in [0.1, 0.15) is 6.79 Å². The Morgan fingerprint density at radius 1 is 1.57 bits per heavy atom. The van der Waals surface area contributed by atoms with Gasteiger partial charge in [0.15, 0.2) is 0 Å². The first-order chi connectivity index (χ1) is 3.50. The van der Waals surface area contributed by atoms with E-state index in [1.54, 1.807) is 12.4 Å². The molecule has 0 unspecified atom stereocenters. The predicted octanol–water partition coefficient (Wildman–Crippen LogP) is 0.225. The van der Waals surface area contributed by atoms with Crippen molar-refractivity contribution < 1.29 is 4.79 Å². The number of hydrogen-bond donors (Lipinski definition) is 1. The van der Waals surface area contributed by atoms with E-state index in [1.165, 1.54) is 0 Å². The first kappa shape index (κ1) is 5.88. The van der Waals surface area contributed by atoms with Crippen LogP contribution in [0, 0.1) is 0 Å². The highest BCUT2D eigenvalue weighted by Gasteiger charge is 1.56. The Bertz CT molecular complexity index is 76.6. The summed E-state index contributed by atoms with van der Waals surface area (Å²) in [6.45, 7) is 2.00. The van der Waals surface area contributed by atoms with Gasteiger partial charge in [-0.2, -0.15) is 5.10 Å². The topological polar surface area (TPSA) is 45.8 Å². The minimum atomic E-state index is 1.69. The van der Waals surface area contributed by atoms with Crippen molar-refractivity contribution in [3.8, 4) is 0 Å². The lowest BCUT2D eigenvalue weighted by molar-refractivity contribution is -0.0979. The second kappa shape index (κ2) is 4.88. The maximum atomic E-state index is 8.00. The molecule has 0 fully saturated rings. The van der Waals surface area contributed by atoms with E-state index >= 15 is 0 Å². The van der Waals surface area contributed by atoms with Crippen molar-refractivity contribution in [2.75, 3.05) is 0 Å². The van der Waals surface area contributed by atoms with E-state index in [0.717, 1.165) is 0 Å². The van der Waals surface area contributed by atoms with Gasteiger partial charge in [0, 0.05) is 12.4 Å². The van der Waals surface area contributed by atoms with E-state index < -0.39 is 0 Å². The van der Waals surface area contributed by atoms with Gasteiger partial charge in [-0.1, -0.05) is 0 Å². The third-order valence-corrected chi connectivity index (χ3v) is 0.406. The van der Waals surface area contributed by atoms with Crippen molar-refractivity contribution in [2.45, 2.75) is 0 Å². The highest BCUT2D eigenvalue weighted by molar-refractivity contribution is 5.10. The first-order valence-corrected chi connectivity index (χ1v) is 1.73. The Balaban J connectivity index is 0.000000162. The van der Waals surface area contributed by atoms with Crippen LogP contribution in [0.2, 0.25) is 0 Å². The smallest absolute Gasteiger partial charge is 0.106 e. The van der Waals surface area contributed by atoms with E-state index in [2.05, 4.69) is 10.2 Å². The van der Waals surface area contributed by atoms with E-state index in [9.17, 15) is 0 Å². The Labute approximate surface area is 41.4 Å². The monoisotopic (exact) mass is 98.0 g/mol. The second-order valence-corrected chi connectivity index (χ2v) is 0.766. The van der Waals surface area contributed by atoms with E-state index in [4.69, 9.17) is 4.79 Å². The molecule has 0 aliphatic carbocycles. The number of carbonyl (C=O) groups excluding carboxylic acids is 1. The Morgan fingerprint density at radius 3 is 2.43 bits per heavy atom. The number of H-pyrrole nitrogens is 1. The van der Waals surface area contributed by atoms with Crippen LogP contribution >= 0.6 is 0 Å². The molecule has 38 valence electrons. The molecule has 0 atom stereocenters. The molecule has 1 heterocycles. The summed E-state index contributed by atoms with van der Waals surface area (Å²) in [7, 11) is 0. The summed E-state index contributed by atoms with van der Waals surface area (Å²) in [5.74, 6) is 0. The van der Waals surface area contributed by atoms with Crippen LogP contribution < -0.4 is 0 Å². The van der Waals surface area contributed by atoms with E-state index in [0.29, 0.717) is 0 Å². The highest BCUT2D eigenvalue weighted by atomic mass is 16.1. The van der Waals surface area contributed by atoms with Crippen LogP contribution in [0.5, 0.6) is 0 Å². The number of aromatic amines is 1. The zero-order valence-electron chi connectivity index (χ0n) is 3.79. The largest absolute Gasteiger partial charge is 0.307 e. The van der Waals surface area contributed by atoms with E-state index in [-0.39, 0.29) is 0 Å². The van der Waals surface area contributed by atoms with Crippen molar-refractivity contribution in [2.24, 2.45) is 0 Å². The van der Waals surface area contributed by atoms with Crippen LogP contribution in [0.1, 0.15) is 0 Å². The van der Waals surface area contributed by atoms with Crippen LogP contribution in [0.3, 0.4) is 0 Å². The maximum Gasteiger partial charge on any atom is 0.106 e. The molecule has 1 aromatic rings. The van der Waals surface area contributed by atoms with Gasteiger partial charge in [-0.15, -0.1) is 0 Å². The zero-order valence-corrected chi connectivity index (χ0v) is 3.79. The Hall–Kier alpha value is -1.12. The lowest BCUT2D eigenvalue weighted by Crippen LogP contribution is -1.53. The molecule has 0 saturated heterocycles. The molecule has 1 rings (SSSR count). The molecule has 3 nitrogen and oxygen atoms in total. The minimum Gasteiger partial charge on any atom is -0.307 e. The fourth-order valence-corrected chi connectivity index (χ4v) is 0.215. The number of aromatic nitrogens is 2. The molecule has 3 heteroatoms. The SMILES string of the molecule is C=O.c1cn[nH]c1.